The first-order chi connectivity index (χ1) is 11.0. The lowest BCUT2D eigenvalue weighted by atomic mass is 10.1. The summed E-state index contributed by atoms with van der Waals surface area (Å²) in [5, 5.41) is 11.2. The van der Waals surface area contributed by atoms with Crippen molar-refractivity contribution in [1.29, 1.82) is 0 Å². The molecule has 0 unspecified atom stereocenters. The van der Waals surface area contributed by atoms with Crippen LogP contribution in [0.5, 0.6) is 0 Å². The van der Waals surface area contributed by atoms with E-state index in [9.17, 15) is 4.79 Å². The average Bonchev–Trinajstić information content (AvgIpc) is 3.18. The van der Waals surface area contributed by atoms with Gasteiger partial charge in [0.05, 0.1) is 12.6 Å². The summed E-state index contributed by atoms with van der Waals surface area (Å²) in [5.41, 5.74) is 2.05. The van der Waals surface area contributed by atoms with Crippen LogP contribution in [0.15, 0.2) is 28.7 Å². The molecule has 1 N–H and O–H groups in total. The molecular weight excluding hydrogens is 292 g/mol. The van der Waals surface area contributed by atoms with Crippen molar-refractivity contribution >= 4 is 5.91 Å². The summed E-state index contributed by atoms with van der Waals surface area (Å²) in [7, 11) is 1.88. The number of aryl methyl sites for hydroxylation is 1. The molecule has 0 spiro atoms. The molecule has 3 rings (SSSR count). The molecule has 0 radical (unpaired) electrons. The third kappa shape index (κ3) is 3.96. The van der Waals surface area contributed by atoms with Gasteiger partial charge in [-0.3, -0.25) is 9.69 Å². The van der Waals surface area contributed by atoms with Crippen LogP contribution in [0.1, 0.15) is 37.3 Å². The fourth-order valence-electron chi connectivity index (χ4n) is 2.35. The number of amides is 1. The monoisotopic (exact) mass is 314 g/mol. The summed E-state index contributed by atoms with van der Waals surface area (Å²) in [4.78, 5) is 13.8. The van der Waals surface area contributed by atoms with Crippen molar-refractivity contribution < 1.29 is 9.21 Å². The predicted molar refractivity (Wildman–Crippen MR) is 86.7 cm³/mol. The third-order valence-corrected chi connectivity index (χ3v) is 4.06. The van der Waals surface area contributed by atoms with Gasteiger partial charge in [0.15, 0.2) is 0 Å². The normalized spacial score (nSPS) is 15.7. The maximum Gasteiger partial charge on any atom is 0.247 e. The molecule has 1 aliphatic rings. The smallest absolute Gasteiger partial charge is 0.247 e. The lowest BCUT2D eigenvalue weighted by Crippen LogP contribution is -2.37. The molecule has 1 aromatic carbocycles. The second kappa shape index (κ2) is 6.50. The number of hydrogen-bond donors (Lipinski definition) is 1. The van der Waals surface area contributed by atoms with Gasteiger partial charge in [-0.1, -0.05) is 17.7 Å². The van der Waals surface area contributed by atoms with Gasteiger partial charge in [0, 0.05) is 11.6 Å². The number of carbonyl (C=O) groups is 1. The molecule has 1 amide bonds. The van der Waals surface area contributed by atoms with Crippen LogP contribution >= 0.6 is 0 Å². The Morgan fingerprint density at radius 2 is 2.22 bits per heavy atom. The van der Waals surface area contributed by atoms with E-state index in [1.54, 1.807) is 0 Å². The molecule has 0 bridgehead atoms. The Kier molecular flexibility index (Phi) is 4.43. The molecule has 0 saturated heterocycles. The van der Waals surface area contributed by atoms with E-state index in [2.05, 4.69) is 15.5 Å². The number of aromatic nitrogens is 2. The van der Waals surface area contributed by atoms with Crippen LogP contribution in [-0.4, -0.2) is 40.6 Å². The van der Waals surface area contributed by atoms with Gasteiger partial charge in [0.2, 0.25) is 17.7 Å². The van der Waals surface area contributed by atoms with Crippen molar-refractivity contribution in [2.24, 2.45) is 0 Å². The Morgan fingerprint density at radius 1 is 1.43 bits per heavy atom. The van der Waals surface area contributed by atoms with E-state index in [1.165, 1.54) is 0 Å². The van der Waals surface area contributed by atoms with Crippen molar-refractivity contribution in [3.8, 4) is 11.5 Å². The molecule has 23 heavy (non-hydrogen) atoms. The number of benzene rings is 1. The van der Waals surface area contributed by atoms with E-state index in [0.29, 0.717) is 24.4 Å². The summed E-state index contributed by atoms with van der Waals surface area (Å²) in [5.74, 6) is 1.06. The van der Waals surface area contributed by atoms with E-state index in [4.69, 9.17) is 4.42 Å². The number of hydrogen-bond acceptors (Lipinski definition) is 5. The highest BCUT2D eigenvalue weighted by atomic mass is 16.4. The van der Waals surface area contributed by atoms with Crippen LogP contribution in [0.3, 0.4) is 0 Å². The summed E-state index contributed by atoms with van der Waals surface area (Å²) in [6.07, 6.45) is 2.18. The number of nitrogens with zero attached hydrogens (tertiary/aromatic N) is 3. The maximum atomic E-state index is 11.9. The van der Waals surface area contributed by atoms with Crippen LogP contribution in [0.4, 0.5) is 0 Å². The van der Waals surface area contributed by atoms with Crippen LogP contribution < -0.4 is 5.32 Å². The van der Waals surface area contributed by atoms with Crippen LogP contribution in [0, 0.1) is 6.92 Å². The zero-order valence-corrected chi connectivity index (χ0v) is 13.7. The summed E-state index contributed by atoms with van der Waals surface area (Å²) in [6, 6.07) is 8.20. The fourth-order valence-corrected chi connectivity index (χ4v) is 2.35. The number of rotatable bonds is 6. The predicted octanol–water partition coefficient (Wildman–Crippen LogP) is 2.32. The quantitative estimate of drug-likeness (QED) is 0.886. The minimum atomic E-state index is -0.119. The molecule has 1 saturated carbocycles. The molecule has 1 aromatic heterocycles. The van der Waals surface area contributed by atoms with E-state index >= 15 is 0 Å². The topological polar surface area (TPSA) is 71.3 Å². The Hall–Kier alpha value is -2.21. The zero-order valence-electron chi connectivity index (χ0n) is 13.7. The first-order valence-electron chi connectivity index (χ1n) is 7.93. The standard InChI is InChI=1S/C17H22N4O2/c1-11-5-4-6-13(9-11)17-20-19-16(23-17)12(2)21(3)10-15(22)18-14-7-8-14/h4-6,9,12,14H,7-8,10H2,1-3H3,(H,18,22)/t12-/m0/s1. The Bertz CT molecular complexity index is 693. The Balaban J connectivity index is 1.65. The van der Waals surface area contributed by atoms with Crippen molar-refractivity contribution in [3.63, 3.8) is 0 Å². The molecule has 1 fully saturated rings. The van der Waals surface area contributed by atoms with Crippen molar-refractivity contribution in [3.05, 3.63) is 35.7 Å². The molecule has 2 aromatic rings. The first-order valence-corrected chi connectivity index (χ1v) is 7.93. The highest BCUT2D eigenvalue weighted by Crippen LogP contribution is 2.24. The van der Waals surface area contributed by atoms with Gasteiger partial charge in [0.1, 0.15) is 0 Å². The van der Waals surface area contributed by atoms with Crippen molar-refractivity contribution in [2.45, 2.75) is 38.8 Å². The van der Waals surface area contributed by atoms with Gasteiger partial charge in [-0.15, -0.1) is 10.2 Å². The number of carbonyl (C=O) groups excluding carboxylic acids is 1. The highest BCUT2D eigenvalue weighted by Gasteiger charge is 2.25. The number of likely N-dealkylation sites (N-methyl/N-ethyl adjacent to an activating group) is 1. The van der Waals surface area contributed by atoms with E-state index in [-0.39, 0.29) is 11.9 Å². The van der Waals surface area contributed by atoms with Crippen LogP contribution in [0.2, 0.25) is 0 Å². The fraction of sp³-hybridized carbons (Fsp3) is 0.471. The van der Waals surface area contributed by atoms with Gasteiger partial charge < -0.3 is 9.73 Å². The average molecular weight is 314 g/mol. The maximum absolute atomic E-state index is 11.9. The van der Waals surface area contributed by atoms with Crippen LogP contribution in [0.25, 0.3) is 11.5 Å². The second-order valence-electron chi connectivity index (χ2n) is 6.25. The van der Waals surface area contributed by atoms with E-state index < -0.39 is 0 Å². The molecule has 1 atom stereocenters. The third-order valence-electron chi connectivity index (χ3n) is 4.06. The minimum Gasteiger partial charge on any atom is -0.419 e. The summed E-state index contributed by atoms with van der Waals surface area (Å²) in [6.45, 7) is 4.30. The highest BCUT2D eigenvalue weighted by molar-refractivity contribution is 5.78. The molecular formula is C17H22N4O2. The van der Waals surface area contributed by atoms with E-state index in [1.807, 2.05) is 50.1 Å². The molecule has 122 valence electrons. The Morgan fingerprint density at radius 3 is 2.91 bits per heavy atom. The van der Waals surface area contributed by atoms with Gasteiger partial charge >= 0.3 is 0 Å². The van der Waals surface area contributed by atoms with E-state index in [0.717, 1.165) is 24.0 Å². The molecule has 6 nitrogen and oxygen atoms in total. The Labute approximate surface area is 135 Å². The molecule has 0 aliphatic heterocycles. The lowest BCUT2D eigenvalue weighted by Gasteiger charge is -2.20. The molecule has 1 heterocycles. The SMILES string of the molecule is Cc1cccc(-c2nnc([C@H](C)N(C)CC(=O)NC3CC3)o2)c1. The molecule has 6 heteroatoms. The largest absolute Gasteiger partial charge is 0.419 e. The number of nitrogens with one attached hydrogen (secondary N) is 1. The van der Waals surface area contributed by atoms with Gasteiger partial charge in [-0.25, -0.2) is 0 Å². The zero-order chi connectivity index (χ0) is 16.4. The van der Waals surface area contributed by atoms with Gasteiger partial charge in [-0.05, 0) is 45.9 Å². The lowest BCUT2D eigenvalue weighted by molar-refractivity contribution is -0.122. The summed E-state index contributed by atoms with van der Waals surface area (Å²) < 4.78 is 5.79. The molecule has 1 aliphatic carbocycles. The van der Waals surface area contributed by atoms with Crippen molar-refractivity contribution in [2.75, 3.05) is 13.6 Å². The van der Waals surface area contributed by atoms with Crippen LogP contribution in [-0.2, 0) is 4.79 Å². The van der Waals surface area contributed by atoms with Gasteiger partial charge in [-0.2, -0.15) is 0 Å². The van der Waals surface area contributed by atoms with Crippen molar-refractivity contribution in [1.82, 2.24) is 20.4 Å². The summed E-state index contributed by atoms with van der Waals surface area (Å²) >= 11 is 0. The van der Waals surface area contributed by atoms with Gasteiger partial charge in [0.25, 0.3) is 0 Å². The minimum absolute atomic E-state index is 0.0419. The second-order valence-corrected chi connectivity index (χ2v) is 6.25. The first kappa shape index (κ1) is 15.7.